The molecule has 0 aliphatic rings. The molecule has 0 N–H and O–H groups in total. The summed E-state index contributed by atoms with van der Waals surface area (Å²) in [5, 5.41) is 7.79. The summed E-state index contributed by atoms with van der Waals surface area (Å²) >= 11 is 0. The number of carbonyl (C=O) groups is 1. The minimum atomic E-state index is -0.837. The van der Waals surface area contributed by atoms with E-state index >= 15 is 0 Å². The van der Waals surface area contributed by atoms with Crippen LogP contribution in [0, 0.1) is 5.82 Å². The third-order valence-electron chi connectivity index (χ3n) is 2.66. The van der Waals surface area contributed by atoms with Crippen LogP contribution in [0.5, 0.6) is 0 Å². The predicted octanol–water partition coefficient (Wildman–Crippen LogP) is 1.14. The van der Waals surface area contributed by atoms with Crippen LogP contribution in [-0.4, -0.2) is 38.0 Å². The number of hydrogen-bond donors (Lipinski definition) is 0. The Balaban J connectivity index is 2.11. The highest BCUT2D eigenvalue weighted by Gasteiger charge is 2.16. The molecule has 0 saturated heterocycles. The smallest absolute Gasteiger partial charge is 0.359 e. The van der Waals surface area contributed by atoms with Crippen molar-refractivity contribution in [2.24, 2.45) is 0 Å². The van der Waals surface area contributed by atoms with Gasteiger partial charge in [0.1, 0.15) is 5.52 Å². The molecule has 20 heavy (non-hydrogen) atoms. The van der Waals surface area contributed by atoms with Crippen molar-refractivity contribution in [3.8, 4) is 5.69 Å². The third-order valence-corrected chi connectivity index (χ3v) is 2.66. The van der Waals surface area contributed by atoms with Crippen LogP contribution in [0.15, 0.2) is 30.6 Å². The number of fused-ring (bicyclic) bond motifs is 1. The molecule has 0 bridgehead atoms. The van der Waals surface area contributed by atoms with E-state index in [2.05, 4.69) is 25.0 Å². The van der Waals surface area contributed by atoms with E-state index in [1.165, 1.54) is 10.9 Å². The largest absolute Gasteiger partial charge is 0.464 e. The summed E-state index contributed by atoms with van der Waals surface area (Å²) in [4.78, 5) is 19.1. The molecule has 0 unspecified atom stereocenters. The molecule has 3 aromatic rings. The topological polar surface area (TPSA) is 82.8 Å². The van der Waals surface area contributed by atoms with Crippen LogP contribution in [0.3, 0.4) is 0 Å². The summed E-state index contributed by atoms with van der Waals surface area (Å²) in [6, 6.07) is 4.58. The Morgan fingerprint density at radius 1 is 1.40 bits per heavy atom. The van der Waals surface area contributed by atoms with Crippen molar-refractivity contribution < 1.29 is 13.9 Å². The molecule has 0 aliphatic heterocycles. The van der Waals surface area contributed by atoms with Crippen LogP contribution in [0.2, 0.25) is 0 Å². The zero-order valence-corrected chi connectivity index (χ0v) is 10.3. The molecule has 0 fully saturated rings. The second-order valence-electron chi connectivity index (χ2n) is 3.86. The SMILES string of the molecule is COC(=O)c1ncc(-n2nnc3cccnc32)cc1F. The highest BCUT2D eigenvalue weighted by molar-refractivity contribution is 5.87. The Hall–Kier alpha value is -2.90. The van der Waals surface area contributed by atoms with Gasteiger partial charge in [-0.2, -0.15) is 4.68 Å². The zero-order valence-electron chi connectivity index (χ0n) is 10.3. The van der Waals surface area contributed by atoms with Gasteiger partial charge in [-0.25, -0.2) is 19.2 Å². The van der Waals surface area contributed by atoms with Gasteiger partial charge >= 0.3 is 5.97 Å². The van der Waals surface area contributed by atoms with Gasteiger partial charge < -0.3 is 4.74 Å². The Bertz CT molecular complexity index is 801. The molecule has 3 aromatic heterocycles. The maximum absolute atomic E-state index is 13.8. The zero-order chi connectivity index (χ0) is 14.1. The summed E-state index contributed by atoms with van der Waals surface area (Å²) in [6.45, 7) is 0. The highest BCUT2D eigenvalue weighted by Crippen LogP contribution is 2.15. The van der Waals surface area contributed by atoms with Gasteiger partial charge in [-0.1, -0.05) is 5.21 Å². The fourth-order valence-electron chi connectivity index (χ4n) is 1.73. The number of carbonyl (C=O) groups excluding carboxylic acids is 1. The molecule has 3 heterocycles. The molecule has 0 radical (unpaired) electrons. The minimum absolute atomic E-state index is 0.316. The van der Waals surface area contributed by atoms with Crippen molar-refractivity contribution in [3.63, 3.8) is 0 Å². The molecule has 0 aromatic carbocycles. The second kappa shape index (κ2) is 4.65. The number of pyridine rings is 2. The van der Waals surface area contributed by atoms with Gasteiger partial charge in [-0.05, 0) is 12.1 Å². The van der Waals surface area contributed by atoms with Crippen LogP contribution < -0.4 is 0 Å². The fourth-order valence-corrected chi connectivity index (χ4v) is 1.73. The van der Waals surface area contributed by atoms with E-state index in [0.717, 1.165) is 13.2 Å². The maximum atomic E-state index is 13.8. The molecule has 0 atom stereocenters. The van der Waals surface area contributed by atoms with E-state index in [0.29, 0.717) is 16.9 Å². The molecule has 100 valence electrons. The molecule has 0 amide bonds. The normalized spacial score (nSPS) is 10.7. The maximum Gasteiger partial charge on any atom is 0.359 e. The van der Waals surface area contributed by atoms with E-state index in [9.17, 15) is 9.18 Å². The summed E-state index contributed by atoms with van der Waals surface area (Å²) in [5.41, 5.74) is 0.981. The van der Waals surface area contributed by atoms with Crippen LogP contribution in [-0.2, 0) is 4.74 Å². The van der Waals surface area contributed by atoms with Gasteiger partial charge in [0.05, 0.1) is 19.0 Å². The van der Waals surface area contributed by atoms with Crippen molar-refractivity contribution in [2.75, 3.05) is 7.11 Å². The molecule has 3 rings (SSSR count). The summed E-state index contributed by atoms with van der Waals surface area (Å²) in [5.74, 6) is -1.63. The van der Waals surface area contributed by atoms with Crippen LogP contribution >= 0.6 is 0 Å². The first-order valence-corrected chi connectivity index (χ1v) is 5.61. The van der Waals surface area contributed by atoms with E-state index < -0.39 is 11.8 Å². The number of ether oxygens (including phenoxy) is 1. The number of halogens is 1. The first-order chi connectivity index (χ1) is 9.70. The lowest BCUT2D eigenvalue weighted by molar-refractivity contribution is 0.0588. The Labute approximate surface area is 112 Å². The van der Waals surface area contributed by atoms with Gasteiger partial charge in [0.25, 0.3) is 0 Å². The van der Waals surface area contributed by atoms with Crippen molar-refractivity contribution >= 4 is 17.1 Å². The van der Waals surface area contributed by atoms with E-state index in [4.69, 9.17) is 0 Å². The standard InChI is InChI=1S/C12H8FN5O2/c1-20-12(19)10-8(13)5-7(6-15-10)18-11-9(16-17-18)3-2-4-14-11/h2-6H,1H3. The van der Waals surface area contributed by atoms with Gasteiger partial charge in [-0.3, -0.25) is 0 Å². The quantitative estimate of drug-likeness (QED) is 0.651. The molecule has 7 nitrogen and oxygen atoms in total. The van der Waals surface area contributed by atoms with Crippen LogP contribution in [0.4, 0.5) is 4.39 Å². The molecular weight excluding hydrogens is 265 g/mol. The summed E-state index contributed by atoms with van der Waals surface area (Å²) in [6.07, 6.45) is 2.88. The average molecular weight is 273 g/mol. The number of esters is 1. The molecule has 0 aliphatic carbocycles. The molecule has 8 heteroatoms. The third kappa shape index (κ3) is 1.87. The van der Waals surface area contributed by atoms with Gasteiger partial charge in [0, 0.05) is 12.3 Å². The van der Waals surface area contributed by atoms with Crippen molar-refractivity contribution in [1.82, 2.24) is 25.0 Å². The van der Waals surface area contributed by atoms with Crippen molar-refractivity contribution in [1.29, 1.82) is 0 Å². The number of aromatic nitrogens is 5. The first-order valence-electron chi connectivity index (χ1n) is 5.61. The second-order valence-corrected chi connectivity index (χ2v) is 3.86. The lowest BCUT2D eigenvalue weighted by Gasteiger charge is -2.04. The van der Waals surface area contributed by atoms with E-state index in [1.54, 1.807) is 18.3 Å². The van der Waals surface area contributed by atoms with Crippen molar-refractivity contribution in [2.45, 2.75) is 0 Å². The van der Waals surface area contributed by atoms with Gasteiger partial charge in [-0.15, -0.1) is 5.10 Å². The Kier molecular flexibility index (Phi) is 2.82. The fraction of sp³-hybridized carbons (Fsp3) is 0.0833. The van der Waals surface area contributed by atoms with E-state index in [-0.39, 0.29) is 5.69 Å². The first kappa shape index (κ1) is 12.2. The number of rotatable bonds is 2. The highest BCUT2D eigenvalue weighted by atomic mass is 19.1. The van der Waals surface area contributed by atoms with Gasteiger partial charge in [0.15, 0.2) is 17.2 Å². The molecule has 0 spiro atoms. The summed E-state index contributed by atoms with van der Waals surface area (Å²) < 4.78 is 19.6. The van der Waals surface area contributed by atoms with Crippen LogP contribution in [0.1, 0.15) is 10.5 Å². The van der Waals surface area contributed by atoms with Gasteiger partial charge in [0.2, 0.25) is 0 Å². The van der Waals surface area contributed by atoms with Crippen molar-refractivity contribution in [3.05, 3.63) is 42.1 Å². The lowest BCUT2D eigenvalue weighted by atomic mass is 10.3. The number of methoxy groups -OCH3 is 1. The molecular formula is C12H8FN5O2. The van der Waals surface area contributed by atoms with E-state index in [1.807, 2.05) is 0 Å². The Morgan fingerprint density at radius 3 is 3.00 bits per heavy atom. The lowest BCUT2D eigenvalue weighted by Crippen LogP contribution is -2.09. The molecule has 0 saturated carbocycles. The predicted molar refractivity (Wildman–Crippen MR) is 65.8 cm³/mol. The summed E-state index contributed by atoms with van der Waals surface area (Å²) in [7, 11) is 1.16. The average Bonchev–Trinajstić information content (AvgIpc) is 2.90. The minimum Gasteiger partial charge on any atom is -0.464 e. The Morgan fingerprint density at radius 2 is 2.25 bits per heavy atom. The monoisotopic (exact) mass is 273 g/mol. The van der Waals surface area contributed by atoms with Crippen LogP contribution in [0.25, 0.3) is 16.9 Å². The number of nitrogens with zero attached hydrogens (tertiary/aromatic N) is 5. The number of hydrogen-bond acceptors (Lipinski definition) is 6.